The van der Waals surface area contributed by atoms with Gasteiger partial charge in [0.1, 0.15) is 11.5 Å². The number of hydrogen-bond donors (Lipinski definition) is 0. The number of hydrogen-bond acceptors (Lipinski definition) is 2. The van der Waals surface area contributed by atoms with Gasteiger partial charge in [-0.2, -0.15) is 0 Å². The minimum atomic E-state index is 0.0142. The molecule has 0 spiro atoms. The zero-order chi connectivity index (χ0) is 14.0. The molecular weight excluding hydrogens is 236 g/mol. The standard InChI is InChI=1S/C17H18O2/c1-11-5-7-13(3)16(9-11)19-17-10-12(2)6-8-15(17)14(4)18/h5-10H,1-4H3. The van der Waals surface area contributed by atoms with E-state index in [1.165, 1.54) is 0 Å². The van der Waals surface area contributed by atoms with Gasteiger partial charge in [0.2, 0.25) is 0 Å². The Morgan fingerprint density at radius 1 is 0.895 bits per heavy atom. The molecule has 2 heteroatoms. The third-order valence-electron chi connectivity index (χ3n) is 3.08. The Labute approximate surface area is 114 Å². The van der Waals surface area contributed by atoms with E-state index < -0.39 is 0 Å². The summed E-state index contributed by atoms with van der Waals surface area (Å²) in [6.07, 6.45) is 0. The van der Waals surface area contributed by atoms with Crippen LogP contribution in [-0.4, -0.2) is 5.78 Å². The lowest BCUT2D eigenvalue weighted by atomic mass is 10.1. The molecule has 0 bridgehead atoms. The molecule has 0 aliphatic heterocycles. The van der Waals surface area contributed by atoms with Gasteiger partial charge >= 0.3 is 0 Å². The first-order valence-electron chi connectivity index (χ1n) is 6.34. The highest BCUT2D eigenvalue weighted by Gasteiger charge is 2.11. The Hall–Kier alpha value is -2.09. The van der Waals surface area contributed by atoms with Crippen molar-refractivity contribution in [2.75, 3.05) is 0 Å². The summed E-state index contributed by atoms with van der Waals surface area (Å²) in [5.41, 5.74) is 3.89. The maximum Gasteiger partial charge on any atom is 0.163 e. The first-order valence-corrected chi connectivity index (χ1v) is 6.34. The molecular formula is C17H18O2. The largest absolute Gasteiger partial charge is 0.456 e. The number of aryl methyl sites for hydroxylation is 3. The molecule has 0 aliphatic carbocycles. The second-order valence-corrected chi connectivity index (χ2v) is 4.93. The predicted octanol–water partition coefficient (Wildman–Crippen LogP) is 4.61. The van der Waals surface area contributed by atoms with Crippen molar-refractivity contribution >= 4 is 5.78 Å². The smallest absolute Gasteiger partial charge is 0.163 e. The van der Waals surface area contributed by atoms with Crippen LogP contribution in [0.25, 0.3) is 0 Å². The van der Waals surface area contributed by atoms with E-state index in [2.05, 4.69) is 0 Å². The van der Waals surface area contributed by atoms with Crippen LogP contribution >= 0.6 is 0 Å². The highest BCUT2D eigenvalue weighted by molar-refractivity contribution is 5.97. The molecule has 0 saturated carbocycles. The molecule has 0 amide bonds. The Morgan fingerprint density at radius 2 is 1.47 bits per heavy atom. The fourth-order valence-electron chi connectivity index (χ4n) is 1.94. The van der Waals surface area contributed by atoms with Gasteiger partial charge in [-0.25, -0.2) is 0 Å². The summed E-state index contributed by atoms with van der Waals surface area (Å²) < 4.78 is 5.94. The quantitative estimate of drug-likeness (QED) is 0.748. The van der Waals surface area contributed by atoms with E-state index in [-0.39, 0.29) is 5.78 Å². The molecule has 0 atom stereocenters. The highest BCUT2D eigenvalue weighted by atomic mass is 16.5. The van der Waals surface area contributed by atoms with Gasteiger partial charge in [-0.15, -0.1) is 0 Å². The van der Waals surface area contributed by atoms with Crippen molar-refractivity contribution < 1.29 is 9.53 Å². The Bertz CT molecular complexity index is 627. The molecule has 0 unspecified atom stereocenters. The molecule has 98 valence electrons. The van der Waals surface area contributed by atoms with E-state index in [9.17, 15) is 4.79 Å². The first kappa shape index (κ1) is 13.3. The van der Waals surface area contributed by atoms with Crippen LogP contribution in [0.5, 0.6) is 11.5 Å². The summed E-state index contributed by atoms with van der Waals surface area (Å²) in [5.74, 6) is 1.44. The Balaban J connectivity index is 2.45. The zero-order valence-corrected chi connectivity index (χ0v) is 11.8. The number of ether oxygens (including phenoxy) is 1. The molecule has 2 aromatic rings. The second kappa shape index (κ2) is 5.27. The van der Waals surface area contributed by atoms with Crippen LogP contribution in [0, 0.1) is 20.8 Å². The van der Waals surface area contributed by atoms with Crippen molar-refractivity contribution in [3.8, 4) is 11.5 Å². The molecule has 2 nitrogen and oxygen atoms in total. The zero-order valence-electron chi connectivity index (χ0n) is 11.8. The van der Waals surface area contributed by atoms with E-state index in [0.29, 0.717) is 11.3 Å². The lowest BCUT2D eigenvalue weighted by Gasteiger charge is -2.13. The van der Waals surface area contributed by atoms with E-state index in [1.54, 1.807) is 6.92 Å². The average Bonchev–Trinajstić information content (AvgIpc) is 2.33. The summed E-state index contributed by atoms with van der Waals surface area (Å²) in [4.78, 5) is 11.6. The van der Waals surface area contributed by atoms with Crippen LogP contribution in [0.3, 0.4) is 0 Å². The van der Waals surface area contributed by atoms with Gasteiger partial charge in [-0.3, -0.25) is 4.79 Å². The molecule has 0 aromatic heterocycles. The molecule has 0 heterocycles. The van der Waals surface area contributed by atoms with E-state index in [4.69, 9.17) is 4.74 Å². The van der Waals surface area contributed by atoms with Gasteiger partial charge in [-0.1, -0.05) is 18.2 Å². The topological polar surface area (TPSA) is 26.3 Å². The number of Topliss-reactive ketones (excluding diaryl/α,β-unsaturated/α-hetero) is 1. The monoisotopic (exact) mass is 254 g/mol. The molecule has 19 heavy (non-hydrogen) atoms. The summed E-state index contributed by atoms with van der Waals surface area (Å²) in [6, 6.07) is 11.7. The van der Waals surface area contributed by atoms with Crippen LogP contribution in [0.1, 0.15) is 34.0 Å². The highest BCUT2D eigenvalue weighted by Crippen LogP contribution is 2.29. The molecule has 0 radical (unpaired) electrons. The normalized spacial score (nSPS) is 10.3. The molecule has 0 N–H and O–H groups in total. The lowest BCUT2D eigenvalue weighted by Crippen LogP contribution is -1.98. The number of rotatable bonds is 3. The van der Waals surface area contributed by atoms with E-state index in [0.717, 1.165) is 22.4 Å². The van der Waals surface area contributed by atoms with Crippen LogP contribution in [0.15, 0.2) is 36.4 Å². The maximum absolute atomic E-state index is 11.6. The third kappa shape index (κ3) is 3.02. The van der Waals surface area contributed by atoms with Crippen molar-refractivity contribution in [1.82, 2.24) is 0 Å². The van der Waals surface area contributed by atoms with Crippen molar-refractivity contribution in [1.29, 1.82) is 0 Å². The number of carbonyl (C=O) groups excluding carboxylic acids is 1. The molecule has 2 aromatic carbocycles. The van der Waals surface area contributed by atoms with Gasteiger partial charge in [0, 0.05) is 0 Å². The predicted molar refractivity (Wildman–Crippen MR) is 77.2 cm³/mol. The summed E-state index contributed by atoms with van der Waals surface area (Å²) in [6.45, 7) is 7.56. The number of benzene rings is 2. The van der Waals surface area contributed by atoms with Gasteiger partial charge in [0.05, 0.1) is 5.56 Å². The fraction of sp³-hybridized carbons (Fsp3) is 0.235. The SMILES string of the molecule is CC(=O)c1ccc(C)cc1Oc1cc(C)ccc1C. The summed E-state index contributed by atoms with van der Waals surface area (Å²) in [7, 11) is 0. The second-order valence-electron chi connectivity index (χ2n) is 4.93. The Morgan fingerprint density at radius 3 is 2.11 bits per heavy atom. The van der Waals surface area contributed by atoms with Crippen molar-refractivity contribution in [2.24, 2.45) is 0 Å². The van der Waals surface area contributed by atoms with Crippen LogP contribution in [0.4, 0.5) is 0 Å². The van der Waals surface area contributed by atoms with Crippen LogP contribution in [-0.2, 0) is 0 Å². The summed E-state index contributed by atoms with van der Waals surface area (Å²) in [5, 5.41) is 0. The Kier molecular flexibility index (Phi) is 3.70. The number of ketones is 1. The van der Waals surface area contributed by atoms with Gasteiger partial charge in [0.25, 0.3) is 0 Å². The molecule has 0 fully saturated rings. The van der Waals surface area contributed by atoms with Crippen LogP contribution in [0.2, 0.25) is 0 Å². The lowest BCUT2D eigenvalue weighted by molar-refractivity contribution is 0.101. The number of carbonyl (C=O) groups is 1. The van der Waals surface area contributed by atoms with Crippen LogP contribution < -0.4 is 4.74 Å². The van der Waals surface area contributed by atoms with E-state index in [1.807, 2.05) is 57.2 Å². The van der Waals surface area contributed by atoms with Crippen molar-refractivity contribution in [3.05, 3.63) is 58.7 Å². The summed E-state index contributed by atoms with van der Waals surface area (Å²) >= 11 is 0. The molecule has 0 saturated heterocycles. The average molecular weight is 254 g/mol. The minimum absolute atomic E-state index is 0.0142. The maximum atomic E-state index is 11.6. The van der Waals surface area contributed by atoms with E-state index >= 15 is 0 Å². The third-order valence-corrected chi connectivity index (χ3v) is 3.08. The first-order chi connectivity index (χ1) is 8.97. The minimum Gasteiger partial charge on any atom is -0.456 e. The molecule has 2 rings (SSSR count). The van der Waals surface area contributed by atoms with Gasteiger partial charge < -0.3 is 4.74 Å². The van der Waals surface area contributed by atoms with Gasteiger partial charge in [-0.05, 0) is 62.6 Å². The van der Waals surface area contributed by atoms with Crippen molar-refractivity contribution in [2.45, 2.75) is 27.7 Å². The molecule has 0 aliphatic rings. The van der Waals surface area contributed by atoms with Gasteiger partial charge in [0.15, 0.2) is 5.78 Å². The van der Waals surface area contributed by atoms with Crippen molar-refractivity contribution in [3.63, 3.8) is 0 Å². The fourth-order valence-corrected chi connectivity index (χ4v) is 1.94.